The number of ether oxygens (including phenoxy) is 1. The van der Waals surface area contributed by atoms with Crippen LogP contribution in [0, 0.1) is 12.8 Å². The molecule has 1 heteroatoms. The summed E-state index contributed by atoms with van der Waals surface area (Å²) >= 11 is 0. The van der Waals surface area contributed by atoms with E-state index < -0.39 is 0 Å². The van der Waals surface area contributed by atoms with Crippen molar-refractivity contribution < 1.29 is 4.74 Å². The van der Waals surface area contributed by atoms with E-state index >= 15 is 0 Å². The standard InChI is InChI=1S/C20H26O/c1-3-21-13-12-17-7-9-19-11-10-18(8-6-16-4-5-16)15(2)20(19)14-17/h7,9-11,14,16H,3-6,8,12-13H2,1-2H3. The molecule has 0 unspecified atom stereocenters. The maximum Gasteiger partial charge on any atom is 0.0506 e. The Morgan fingerprint density at radius 3 is 2.67 bits per heavy atom. The highest BCUT2D eigenvalue weighted by Crippen LogP contribution is 2.34. The fourth-order valence-corrected chi connectivity index (χ4v) is 3.09. The average Bonchev–Trinajstić information content (AvgIpc) is 3.32. The Balaban J connectivity index is 1.80. The van der Waals surface area contributed by atoms with Crippen molar-refractivity contribution in [3.05, 3.63) is 47.0 Å². The largest absolute Gasteiger partial charge is 0.381 e. The molecule has 3 rings (SSSR count). The highest BCUT2D eigenvalue weighted by atomic mass is 16.5. The molecule has 2 aromatic rings. The minimum atomic E-state index is 0.803. The van der Waals surface area contributed by atoms with Crippen molar-refractivity contribution in [2.45, 2.75) is 46.0 Å². The first kappa shape index (κ1) is 14.6. The molecule has 0 spiro atoms. The molecule has 0 aliphatic heterocycles. The minimum Gasteiger partial charge on any atom is -0.381 e. The van der Waals surface area contributed by atoms with Gasteiger partial charge in [-0.2, -0.15) is 0 Å². The smallest absolute Gasteiger partial charge is 0.0506 e. The zero-order valence-electron chi connectivity index (χ0n) is 13.3. The van der Waals surface area contributed by atoms with Crippen LogP contribution < -0.4 is 0 Å². The van der Waals surface area contributed by atoms with Gasteiger partial charge in [0.1, 0.15) is 0 Å². The van der Waals surface area contributed by atoms with Crippen molar-refractivity contribution in [2.24, 2.45) is 5.92 Å². The fourth-order valence-electron chi connectivity index (χ4n) is 3.09. The predicted molar refractivity (Wildman–Crippen MR) is 89.9 cm³/mol. The molecule has 21 heavy (non-hydrogen) atoms. The first-order chi connectivity index (χ1) is 10.3. The third-order valence-electron chi connectivity index (χ3n) is 4.73. The molecule has 1 aliphatic rings. The average molecular weight is 282 g/mol. The Morgan fingerprint density at radius 2 is 1.90 bits per heavy atom. The van der Waals surface area contributed by atoms with E-state index in [1.54, 1.807) is 0 Å². The van der Waals surface area contributed by atoms with Gasteiger partial charge in [-0.05, 0) is 66.5 Å². The Bertz CT molecular complexity index is 611. The number of rotatable bonds is 7. The van der Waals surface area contributed by atoms with Gasteiger partial charge in [-0.3, -0.25) is 0 Å². The molecule has 0 amide bonds. The van der Waals surface area contributed by atoms with Gasteiger partial charge in [0, 0.05) is 6.61 Å². The van der Waals surface area contributed by atoms with Crippen molar-refractivity contribution >= 4 is 10.8 Å². The van der Waals surface area contributed by atoms with Gasteiger partial charge in [0.2, 0.25) is 0 Å². The third kappa shape index (κ3) is 3.65. The topological polar surface area (TPSA) is 9.23 Å². The summed E-state index contributed by atoms with van der Waals surface area (Å²) in [7, 11) is 0. The van der Waals surface area contributed by atoms with Gasteiger partial charge in [0.25, 0.3) is 0 Å². The molecule has 2 aromatic carbocycles. The van der Waals surface area contributed by atoms with Gasteiger partial charge in [-0.1, -0.05) is 43.2 Å². The monoisotopic (exact) mass is 282 g/mol. The molecule has 0 atom stereocenters. The number of fused-ring (bicyclic) bond motifs is 1. The molecule has 1 saturated carbocycles. The van der Waals surface area contributed by atoms with Crippen LogP contribution in [0.3, 0.4) is 0 Å². The molecular weight excluding hydrogens is 256 g/mol. The lowest BCUT2D eigenvalue weighted by molar-refractivity contribution is 0.151. The van der Waals surface area contributed by atoms with E-state index in [1.165, 1.54) is 53.1 Å². The lowest BCUT2D eigenvalue weighted by Gasteiger charge is -2.11. The lowest BCUT2D eigenvalue weighted by Crippen LogP contribution is -1.98. The fraction of sp³-hybridized carbons (Fsp3) is 0.500. The summed E-state index contributed by atoms with van der Waals surface area (Å²) in [5, 5.41) is 2.79. The van der Waals surface area contributed by atoms with Crippen molar-refractivity contribution in [1.82, 2.24) is 0 Å². The van der Waals surface area contributed by atoms with Crippen LogP contribution in [-0.4, -0.2) is 13.2 Å². The van der Waals surface area contributed by atoms with E-state index in [0.29, 0.717) is 0 Å². The Morgan fingerprint density at radius 1 is 1.10 bits per heavy atom. The SMILES string of the molecule is CCOCCc1ccc2ccc(CCC3CC3)c(C)c2c1. The molecule has 0 radical (unpaired) electrons. The highest BCUT2D eigenvalue weighted by Gasteiger charge is 2.20. The van der Waals surface area contributed by atoms with Gasteiger partial charge in [0.15, 0.2) is 0 Å². The quantitative estimate of drug-likeness (QED) is 0.644. The van der Waals surface area contributed by atoms with Crippen molar-refractivity contribution in [3.8, 4) is 0 Å². The lowest BCUT2D eigenvalue weighted by atomic mass is 9.95. The third-order valence-corrected chi connectivity index (χ3v) is 4.73. The molecule has 0 saturated heterocycles. The van der Waals surface area contributed by atoms with E-state index in [9.17, 15) is 0 Å². The van der Waals surface area contributed by atoms with Crippen molar-refractivity contribution in [3.63, 3.8) is 0 Å². The summed E-state index contributed by atoms with van der Waals surface area (Å²) in [6.07, 6.45) is 6.53. The maximum atomic E-state index is 5.48. The summed E-state index contributed by atoms with van der Waals surface area (Å²) < 4.78 is 5.48. The van der Waals surface area contributed by atoms with E-state index in [4.69, 9.17) is 4.74 Å². The summed E-state index contributed by atoms with van der Waals surface area (Å²) in [6.45, 7) is 5.97. The van der Waals surface area contributed by atoms with Crippen LogP contribution in [0.4, 0.5) is 0 Å². The first-order valence-electron chi connectivity index (χ1n) is 8.37. The van der Waals surface area contributed by atoms with Crippen LogP contribution >= 0.6 is 0 Å². The predicted octanol–water partition coefficient (Wildman–Crippen LogP) is 5.07. The van der Waals surface area contributed by atoms with Crippen LogP contribution in [0.1, 0.15) is 42.9 Å². The second kappa shape index (κ2) is 6.62. The molecule has 0 heterocycles. The maximum absolute atomic E-state index is 5.48. The number of hydrogen-bond donors (Lipinski definition) is 0. The summed E-state index contributed by atoms with van der Waals surface area (Å²) in [4.78, 5) is 0. The zero-order chi connectivity index (χ0) is 14.7. The molecule has 0 N–H and O–H groups in total. The van der Waals surface area contributed by atoms with Crippen LogP contribution in [0.5, 0.6) is 0 Å². The number of benzene rings is 2. The highest BCUT2D eigenvalue weighted by molar-refractivity contribution is 5.87. The van der Waals surface area contributed by atoms with Gasteiger partial charge < -0.3 is 4.74 Å². The second-order valence-electron chi connectivity index (χ2n) is 6.33. The van der Waals surface area contributed by atoms with Gasteiger partial charge >= 0.3 is 0 Å². The summed E-state index contributed by atoms with van der Waals surface area (Å²) in [5.41, 5.74) is 4.40. The molecular formula is C20H26O. The van der Waals surface area contributed by atoms with Crippen molar-refractivity contribution in [1.29, 1.82) is 0 Å². The van der Waals surface area contributed by atoms with Crippen LogP contribution in [0.15, 0.2) is 30.3 Å². The Hall–Kier alpha value is -1.34. The van der Waals surface area contributed by atoms with E-state index in [-0.39, 0.29) is 0 Å². The van der Waals surface area contributed by atoms with Gasteiger partial charge in [-0.15, -0.1) is 0 Å². The van der Waals surface area contributed by atoms with Crippen LogP contribution in [0.2, 0.25) is 0 Å². The van der Waals surface area contributed by atoms with E-state index in [0.717, 1.165) is 25.6 Å². The normalized spacial score (nSPS) is 14.8. The van der Waals surface area contributed by atoms with Gasteiger partial charge in [-0.25, -0.2) is 0 Å². The second-order valence-corrected chi connectivity index (χ2v) is 6.33. The first-order valence-corrected chi connectivity index (χ1v) is 8.37. The van der Waals surface area contributed by atoms with Crippen molar-refractivity contribution in [2.75, 3.05) is 13.2 Å². The van der Waals surface area contributed by atoms with Crippen LogP contribution in [-0.2, 0) is 17.6 Å². The van der Waals surface area contributed by atoms with Crippen LogP contribution in [0.25, 0.3) is 10.8 Å². The summed E-state index contributed by atoms with van der Waals surface area (Å²) in [5.74, 6) is 1.01. The van der Waals surface area contributed by atoms with E-state index in [2.05, 4.69) is 44.2 Å². The minimum absolute atomic E-state index is 0.803. The Kier molecular flexibility index (Phi) is 4.60. The van der Waals surface area contributed by atoms with Gasteiger partial charge in [0.05, 0.1) is 6.61 Å². The molecule has 112 valence electrons. The molecule has 0 aromatic heterocycles. The number of aryl methyl sites for hydroxylation is 2. The number of hydrogen-bond acceptors (Lipinski definition) is 1. The van der Waals surface area contributed by atoms with E-state index in [1.807, 2.05) is 0 Å². The molecule has 0 bridgehead atoms. The molecule has 1 nitrogen and oxygen atoms in total. The molecule has 1 aliphatic carbocycles. The summed E-state index contributed by atoms with van der Waals surface area (Å²) in [6, 6.07) is 11.5. The zero-order valence-corrected chi connectivity index (χ0v) is 13.3. The Labute approximate surface area is 128 Å². The molecule has 1 fully saturated rings.